The molecule has 2 N–H and O–H groups in total. The summed E-state index contributed by atoms with van der Waals surface area (Å²) in [6.07, 6.45) is 4.81. The molecule has 0 rings (SSSR count). The molecule has 0 aromatic carbocycles. The second kappa shape index (κ2) is 11.6. The van der Waals surface area contributed by atoms with Crippen molar-refractivity contribution in [1.29, 1.82) is 0 Å². The molecule has 0 atom stereocenters. The molecule has 112 valence electrons. The molecular formula is C13H24O6. The molecule has 6 nitrogen and oxygen atoms in total. The highest BCUT2D eigenvalue weighted by Gasteiger charge is 2.17. The van der Waals surface area contributed by atoms with Crippen molar-refractivity contribution in [1.82, 2.24) is 0 Å². The normalized spacial score (nSPS) is 10.4. The smallest absolute Gasteiger partial charge is 0.450 e. The molecule has 0 saturated heterocycles. The molecule has 0 bridgehead atoms. The summed E-state index contributed by atoms with van der Waals surface area (Å²) in [6, 6.07) is 0. The Hall–Kier alpha value is -1.46. The maximum absolute atomic E-state index is 10.3. The first-order valence-corrected chi connectivity index (χ1v) is 6.85. The summed E-state index contributed by atoms with van der Waals surface area (Å²) in [7, 11) is 0. The van der Waals surface area contributed by atoms with Crippen LogP contribution in [0.5, 0.6) is 0 Å². The van der Waals surface area contributed by atoms with Crippen molar-refractivity contribution >= 4 is 12.3 Å². The number of carbonyl (C=O) groups is 2. The highest BCUT2D eigenvalue weighted by Crippen LogP contribution is 2.12. The Balaban J connectivity index is 3.57. The summed E-state index contributed by atoms with van der Waals surface area (Å²) >= 11 is 0. The van der Waals surface area contributed by atoms with Crippen LogP contribution >= 0.6 is 0 Å². The van der Waals surface area contributed by atoms with Crippen LogP contribution in [0.3, 0.4) is 0 Å². The molecule has 19 heavy (non-hydrogen) atoms. The molecule has 6 heteroatoms. The van der Waals surface area contributed by atoms with Gasteiger partial charge in [0.15, 0.2) is 0 Å². The fraction of sp³-hybridized carbons (Fsp3) is 0.846. The third kappa shape index (κ3) is 12.8. The van der Waals surface area contributed by atoms with Gasteiger partial charge in [-0.25, -0.2) is 9.59 Å². The third-order valence-electron chi connectivity index (χ3n) is 2.76. The molecule has 0 heterocycles. The van der Waals surface area contributed by atoms with E-state index in [0.717, 1.165) is 19.3 Å². The van der Waals surface area contributed by atoms with E-state index < -0.39 is 18.6 Å². The number of hydrogen-bond acceptors (Lipinski definition) is 4. The van der Waals surface area contributed by atoms with Gasteiger partial charge in [0.1, 0.15) is 0 Å². The summed E-state index contributed by atoms with van der Waals surface area (Å²) in [6.45, 7) is 2.17. The summed E-state index contributed by atoms with van der Waals surface area (Å²) in [5, 5.41) is 16.8. The average molecular weight is 276 g/mol. The fourth-order valence-electron chi connectivity index (χ4n) is 1.81. The van der Waals surface area contributed by atoms with Gasteiger partial charge in [-0.15, -0.1) is 0 Å². The maximum atomic E-state index is 10.3. The van der Waals surface area contributed by atoms with Gasteiger partial charge in [-0.05, 0) is 6.42 Å². The predicted molar refractivity (Wildman–Crippen MR) is 69.2 cm³/mol. The quantitative estimate of drug-likeness (QED) is 0.333. The van der Waals surface area contributed by atoms with E-state index in [4.69, 9.17) is 10.2 Å². The molecule has 0 aliphatic heterocycles. The van der Waals surface area contributed by atoms with E-state index in [1.54, 1.807) is 0 Å². The molecular weight excluding hydrogens is 252 g/mol. The number of hydrogen-bond donors (Lipinski definition) is 2. The minimum absolute atomic E-state index is 0.271. The predicted octanol–water partition coefficient (Wildman–Crippen LogP) is 4.23. The first kappa shape index (κ1) is 17.5. The van der Waals surface area contributed by atoms with Crippen LogP contribution in [0.15, 0.2) is 0 Å². The first-order valence-electron chi connectivity index (χ1n) is 6.85. The minimum Gasteiger partial charge on any atom is -0.450 e. The largest absolute Gasteiger partial charge is 0.508 e. The van der Waals surface area contributed by atoms with Gasteiger partial charge in [-0.3, -0.25) is 0 Å². The zero-order valence-corrected chi connectivity index (χ0v) is 11.5. The topological polar surface area (TPSA) is 93.1 Å². The fourth-order valence-corrected chi connectivity index (χ4v) is 1.81. The monoisotopic (exact) mass is 276 g/mol. The van der Waals surface area contributed by atoms with Crippen LogP contribution in [0.2, 0.25) is 0 Å². The van der Waals surface area contributed by atoms with Crippen LogP contribution < -0.4 is 0 Å². The Labute approximate surface area is 113 Å². The Kier molecular flexibility index (Phi) is 10.7. The van der Waals surface area contributed by atoms with Gasteiger partial charge < -0.3 is 19.7 Å². The van der Waals surface area contributed by atoms with Gasteiger partial charge in [-0.2, -0.15) is 0 Å². The number of carboxylic acid groups (broad SMARTS) is 2. The van der Waals surface area contributed by atoms with Crippen molar-refractivity contribution < 1.29 is 29.3 Å². The summed E-state index contributed by atoms with van der Waals surface area (Å²) in [5.41, 5.74) is 0. The Morgan fingerprint density at radius 1 is 0.842 bits per heavy atom. The van der Waals surface area contributed by atoms with E-state index in [0.29, 0.717) is 6.42 Å². The average Bonchev–Trinajstić information content (AvgIpc) is 2.30. The Morgan fingerprint density at radius 3 is 1.68 bits per heavy atom. The molecule has 0 spiro atoms. The van der Waals surface area contributed by atoms with Gasteiger partial charge >= 0.3 is 12.3 Å². The van der Waals surface area contributed by atoms with Crippen molar-refractivity contribution in [2.45, 2.75) is 71.0 Å². The molecule has 0 saturated carbocycles. The molecule has 0 fully saturated rings. The number of rotatable bonds is 11. The molecule has 0 radical (unpaired) electrons. The second-order valence-corrected chi connectivity index (χ2v) is 4.46. The van der Waals surface area contributed by atoms with E-state index in [-0.39, 0.29) is 6.42 Å². The van der Waals surface area contributed by atoms with E-state index in [9.17, 15) is 9.59 Å². The van der Waals surface area contributed by atoms with E-state index in [1.165, 1.54) is 25.7 Å². The zero-order valence-electron chi connectivity index (χ0n) is 11.5. The highest BCUT2D eigenvalue weighted by molar-refractivity contribution is 5.59. The molecule has 0 aliphatic carbocycles. The van der Waals surface area contributed by atoms with Gasteiger partial charge in [0, 0.05) is 6.42 Å². The van der Waals surface area contributed by atoms with E-state index in [1.807, 2.05) is 0 Å². The summed E-state index contributed by atoms with van der Waals surface area (Å²) in [4.78, 5) is 20.7. The van der Waals surface area contributed by atoms with Crippen LogP contribution in [0.25, 0.3) is 0 Å². The molecule has 0 aromatic rings. The van der Waals surface area contributed by atoms with Gasteiger partial charge in [0.05, 0.1) is 0 Å². The highest BCUT2D eigenvalue weighted by atomic mass is 16.8. The molecule has 0 aliphatic rings. The standard InChI is InChI=1S/C13H24O6/c1-2-3-4-5-6-7-8-9-10-11(18-12(14)15)19-13(16)17/h11H,2-10H2,1H3,(H,14,15)(H,16,17). The van der Waals surface area contributed by atoms with Gasteiger partial charge in [0.25, 0.3) is 6.29 Å². The van der Waals surface area contributed by atoms with Gasteiger partial charge in [0.2, 0.25) is 0 Å². The van der Waals surface area contributed by atoms with Crippen LogP contribution in [-0.4, -0.2) is 28.8 Å². The Morgan fingerprint density at radius 2 is 1.26 bits per heavy atom. The van der Waals surface area contributed by atoms with E-state index >= 15 is 0 Å². The van der Waals surface area contributed by atoms with Crippen LogP contribution in [0, 0.1) is 0 Å². The van der Waals surface area contributed by atoms with Crippen LogP contribution in [-0.2, 0) is 9.47 Å². The molecule has 0 unspecified atom stereocenters. The number of ether oxygens (including phenoxy) is 2. The van der Waals surface area contributed by atoms with Crippen molar-refractivity contribution in [3.63, 3.8) is 0 Å². The zero-order chi connectivity index (χ0) is 14.5. The van der Waals surface area contributed by atoms with Crippen LogP contribution in [0.4, 0.5) is 9.59 Å². The first-order chi connectivity index (χ1) is 9.06. The van der Waals surface area contributed by atoms with Crippen molar-refractivity contribution in [3.8, 4) is 0 Å². The molecule has 0 amide bonds. The van der Waals surface area contributed by atoms with Crippen molar-refractivity contribution in [3.05, 3.63) is 0 Å². The lowest BCUT2D eigenvalue weighted by Gasteiger charge is -2.14. The van der Waals surface area contributed by atoms with Crippen LogP contribution in [0.1, 0.15) is 64.7 Å². The minimum atomic E-state index is -1.52. The lowest BCUT2D eigenvalue weighted by atomic mass is 10.1. The summed E-state index contributed by atoms with van der Waals surface area (Å²) < 4.78 is 8.67. The van der Waals surface area contributed by atoms with Crippen molar-refractivity contribution in [2.75, 3.05) is 0 Å². The van der Waals surface area contributed by atoms with E-state index in [2.05, 4.69) is 16.4 Å². The lowest BCUT2D eigenvalue weighted by Crippen LogP contribution is -2.23. The SMILES string of the molecule is CCCCCCCCCCC(OC(=O)O)OC(=O)O. The molecule has 0 aromatic heterocycles. The summed E-state index contributed by atoms with van der Waals surface area (Å²) in [5.74, 6) is 0. The lowest BCUT2D eigenvalue weighted by molar-refractivity contribution is -0.0950. The Bertz CT molecular complexity index is 238. The number of unbranched alkanes of at least 4 members (excludes halogenated alkanes) is 7. The van der Waals surface area contributed by atoms with Gasteiger partial charge in [-0.1, -0.05) is 51.9 Å². The van der Waals surface area contributed by atoms with Crippen molar-refractivity contribution in [2.24, 2.45) is 0 Å². The second-order valence-electron chi connectivity index (χ2n) is 4.46. The maximum Gasteiger partial charge on any atom is 0.508 e. The third-order valence-corrected chi connectivity index (χ3v) is 2.76.